The second kappa shape index (κ2) is 7.58. The van der Waals surface area contributed by atoms with Crippen molar-refractivity contribution in [1.82, 2.24) is 9.80 Å². The number of amides is 3. The Hall–Kier alpha value is -3.40. The molecule has 0 radical (unpaired) electrons. The molecular weight excluding hydrogens is 408 g/mol. The third-order valence-corrected chi connectivity index (χ3v) is 7.05. The zero-order valence-corrected chi connectivity index (χ0v) is 20.5. The lowest BCUT2D eigenvalue weighted by atomic mass is 9.67. The van der Waals surface area contributed by atoms with Crippen LogP contribution in [0.5, 0.6) is 0 Å². The smallest absolute Gasteiger partial charge is 0.292 e. The first-order valence-corrected chi connectivity index (χ1v) is 11.3. The molecule has 4 nitrogen and oxygen atoms in total. The van der Waals surface area contributed by atoms with Crippen molar-refractivity contribution in [1.29, 1.82) is 0 Å². The Bertz CT molecular complexity index is 1230. The molecule has 0 aromatic heterocycles. The van der Waals surface area contributed by atoms with Crippen LogP contribution in [0, 0.1) is 6.92 Å². The van der Waals surface area contributed by atoms with Gasteiger partial charge in [0, 0.05) is 17.9 Å². The average Bonchev–Trinajstić information content (AvgIpc) is 2.95. The second-order valence-electron chi connectivity index (χ2n) is 10.3. The minimum absolute atomic E-state index is 0.000930. The number of benzene rings is 2. The Kier molecular flexibility index (Phi) is 5.24. The predicted octanol–water partition coefficient (Wildman–Crippen LogP) is 6.09. The summed E-state index contributed by atoms with van der Waals surface area (Å²) in [6.07, 6.45) is 4.62. The van der Waals surface area contributed by atoms with Gasteiger partial charge in [0.2, 0.25) is 0 Å². The monoisotopic (exact) mass is 440 g/mol. The number of allylic oxidation sites excluding steroid dienone is 2. The van der Waals surface area contributed by atoms with E-state index in [0.717, 1.165) is 22.3 Å². The maximum absolute atomic E-state index is 12.3. The number of hydrogen-bond acceptors (Lipinski definition) is 2. The third kappa shape index (κ3) is 3.74. The van der Waals surface area contributed by atoms with Gasteiger partial charge in [-0.15, -0.1) is 0 Å². The van der Waals surface area contributed by atoms with Gasteiger partial charge in [-0.1, -0.05) is 83.3 Å². The van der Waals surface area contributed by atoms with E-state index in [2.05, 4.69) is 72.1 Å². The molecule has 1 heterocycles. The van der Waals surface area contributed by atoms with Crippen molar-refractivity contribution in [2.45, 2.75) is 52.0 Å². The largest absolute Gasteiger partial charge is 0.331 e. The van der Waals surface area contributed by atoms with Gasteiger partial charge in [0.25, 0.3) is 5.91 Å². The van der Waals surface area contributed by atoms with E-state index in [1.54, 1.807) is 7.05 Å². The predicted molar refractivity (Wildman–Crippen MR) is 134 cm³/mol. The summed E-state index contributed by atoms with van der Waals surface area (Å²) in [4.78, 5) is 27.1. The summed E-state index contributed by atoms with van der Waals surface area (Å²) in [7, 11) is 1.56. The number of carbonyl (C=O) groups excluding carboxylic acids is 2. The summed E-state index contributed by atoms with van der Waals surface area (Å²) < 4.78 is 0. The van der Waals surface area contributed by atoms with Crippen LogP contribution < -0.4 is 0 Å². The van der Waals surface area contributed by atoms with Gasteiger partial charge in [-0.3, -0.25) is 14.6 Å². The van der Waals surface area contributed by atoms with E-state index in [-0.39, 0.29) is 35.0 Å². The molecule has 2 aromatic rings. The van der Waals surface area contributed by atoms with Gasteiger partial charge in [0.05, 0.1) is 6.54 Å². The Labute approximate surface area is 196 Å². The molecule has 33 heavy (non-hydrogen) atoms. The molecule has 1 aliphatic heterocycles. The second-order valence-corrected chi connectivity index (χ2v) is 10.3. The average molecular weight is 441 g/mol. The van der Waals surface area contributed by atoms with Crippen molar-refractivity contribution < 1.29 is 9.59 Å². The lowest BCUT2D eigenvalue weighted by Gasteiger charge is -2.37. The highest BCUT2D eigenvalue weighted by molar-refractivity contribution is 6.11. The highest BCUT2D eigenvalue weighted by Crippen LogP contribution is 2.43. The Balaban J connectivity index is 1.62. The number of rotatable bonds is 4. The van der Waals surface area contributed by atoms with Gasteiger partial charge < -0.3 is 0 Å². The molecular formula is C29H32N2O2. The first-order chi connectivity index (χ1) is 15.3. The Morgan fingerprint density at radius 1 is 0.939 bits per heavy atom. The van der Waals surface area contributed by atoms with E-state index in [9.17, 15) is 9.59 Å². The molecule has 1 fully saturated rings. The summed E-state index contributed by atoms with van der Waals surface area (Å²) in [6.45, 7) is 19.5. The van der Waals surface area contributed by atoms with Gasteiger partial charge in [-0.2, -0.15) is 0 Å². The highest BCUT2D eigenvalue weighted by Gasteiger charge is 2.37. The fourth-order valence-corrected chi connectivity index (χ4v) is 4.67. The summed E-state index contributed by atoms with van der Waals surface area (Å²) in [6, 6.07) is 12.2. The maximum Gasteiger partial charge on any atom is 0.331 e. The molecule has 0 spiro atoms. The molecule has 2 aromatic carbocycles. The van der Waals surface area contributed by atoms with Crippen LogP contribution in [-0.4, -0.2) is 28.8 Å². The molecule has 1 aliphatic carbocycles. The van der Waals surface area contributed by atoms with Gasteiger partial charge in [-0.05, 0) is 51.9 Å². The highest BCUT2D eigenvalue weighted by atomic mass is 16.2. The van der Waals surface area contributed by atoms with E-state index in [1.165, 1.54) is 26.5 Å². The fourth-order valence-electron chi connectivity index (χ4n) is 4.67. The third-order valence-electron chi connectivity index (χ3n) is 7.05. The SMILES string of the molecule is C=C(c1ccc(CN2C(=O)C(=C)N(C)C2=O)cc1)c1cc2c(cc1C)C(C)(C)C=CC2(C)C. The van der Waals surface area contributed by atoms with Gasteiger partial charge in [-0.25, -0.2) is 4.79 Å². The number of likely N-dealkylation sites (N-methyl/N-ethyl adjacent to an activating group) is 1. The molecule has 1 saturated heterocycles. The van der Waals surface area contributed by atoms with E-state index < -0.39 is 0 Å². The van der Waals surface area contributed by atoms with Gasteiger partial charge in [0.1, 0.15) is 5.70 Å². The van der Waals surface area contributed by atoms with Crippen molar-refractivity contribution in [2.75, 3.05) is 7.05 Å². The summed E-state index contributed by atoms with van der Waals surface area (Å²) in [5.41, 5.74) is 8.08. The molecule has 0 bridgehead atoms. The summed E-state index contributed by atoms with van der Waals surface area (Å²) >= 11 is 0. The Morgan fingerprint density at radius 2 is 1.48 bits per heavy atom. The number of urea groups is 1. The number of nitrogens with zero attached hydrogens (tertiary/aromatic N) is 2. The van der Waals surface area contributed by atoms with Crippen LogP contribution in [0.4, 0.5) is 4.79 Å². The number of hydrogen-bond donors (Lipinski definition) is 0. The number of aryl methyl sites for hydroxylation is 1. The molecule has 4 heteroatoms. The van der Waals surface area contributed by atoms with Crippen LogP contribution in [0.15, 0.2) is 67.4 Å². The first kappa shape index (κ1) is 22.8. The van der Waals surface area contributed by atoms with Crippen molar-refractivity contribution in [2.24, 2.45) is 0 Å². The quantitative estimate of drug-likeness (QED) is 0.328. The molecule has 0 saturated carbocycles. The van der Waals surface area contributed by atoms with Crippen molar-refractivity contribution >= 4 is 17.5 Å². The van der Waals surface area contributed by atoms with E-state index in [1.807, 2.05) is 24.3 Å². The van der Waals surface area contributed by atoms with Crippen molar-refractivity contribution in [3.63, 3.8) is 0 Å². The molecule has 0 unspecified atom stereocenters. The van der Waals surface area contributed by atoms with E-state index in [0.29, 0.717) is 0 Å². The van der Waals surface area contributed by atoms with Crippen LogP contribution in [0.1, 0.15) is 61.1 Å². The zero-order valence-electron chi connectivity index (χ0n) is 20.5. The molecule has 170 valence electrons. The van der Waals surface area contributed by atoms with Crippen LogP contribution in [0.2, 0.25) is 0 Å². The van der Waals surface area contributed by atoms with Crippen LogP contribution in [-0.2, 0) is 22.2 Å². The van der Waals surface area contributed by atoms with Gasteiger partial charge in [0.15, 0.2) is 0 Å². The normalized spacial score (nSPS) is 18.7. The molecule has 4 rings (SSSR count). The van der Waals surface area contributed by atoms with E-state index in [4.69, 9.17) is 0 Å². The summed E-state index contributed by atoms with van der Waals surface area (Å²) in [5, 5.41) is 0. The number of imide groups is 1. The van der Waals surface area contributed by atoms with Crippen molar-refractivity contribution in [3.05, 3.63) is 101 Å². The van der Waals surface area contributed by atoms with Crippen LogP contribution in [0.25, 0.3) is 5.57 Å². The summed E-state index contributed by atoms with van der Waals surface area (Å²) in [5.74, 6) is -0.347. The molecule has 2 aliphatic rings. The number of fused-ring (bicyclic) bond motifs is 1. The lowest BCUT2D eigenvalue weighted by Crippen LogP contribution is -2.31. The van der Waals surface area contributed by atoms with E-state index >= 15 is 0 Å². The lowest BCUT2D eigenvalue weighted by molar-refractivity contribution is -0.123. The number of carbonyl (C=O) groups is 2. The standard InChI is InChI=1S/C29H32N2O2/c1-18-15-24-25(29(6,7)14-13-28(24,4)5)16-23(18)19(2)22-11-9-21(10-12-22)17-31-26(32)20(3)30(8)27(31)33/h9-16H,2-3,17H2,1,4-8H3. The minimum atomic E-state index is -0.347. The molecule has 3 amide bonds. The van der Waals surface area contributed by atoms with Gasteiger partial charge >= 0.3 is 6.03 Å². The van der Waals surface area contributed by atoms with Crippen LogP contribution in [0.3, 0.4) is 0 Å². The zero-order chi connectivity index (χ0) is 24.3. The topological polar surface area (TPSA) is 40.6 Å². The molecule has 0 atom stereocenters. The van der Waals surface area contributed by atoms with Crippen molar-refractivity contribution in [3.8, 4) is 0 Å². The Morgan fingerprint density at radius 3 is 2.00 bits per heavy atom. The maximum atomic E-state index is 12.3. The fraction of sp³-hybridized carbons (Fsp3) is 0.310. The minimum Gasteiger partial charge on any atom is -0.292 e. The first-order valence-electron chi connectivity index (χ1n) is 11.3. The molecule has 0 N–H and O–H groups in total. The van der Waals surface area contributed by atoms with Crippen LogP contribution >= 0.6 is 0 Å².